The molecule has 1 aromatic rings. The van der Waals surface area contributed by atoms with Crippen LogP contribution in [0.1, 0.15) is 12.6 Å². The molecule has 1 unspecified atom stereocenters. The van der Waals surface area contributed by atoms with E-state index in [4.69, 9.17) is 0 Å². The van der Waals surface area contributed by atoms with E-state index < -0.39 is 0 Å². The third-order valence-corrected chi connectivity index (χ3v) is 3.50. The summed E-state index contributed by atoms with van der Waals surface area (Å²) in [5.41, 5.74) is 2.47. The molecule has 0 aliphatic carbocycles. The van der Waals surface area contributed by atoms with Crippen molar-refractivity contribution in [2.24, 2.45) is 0 Å². The van der Waals surface area contributed by atoms with Crippen LogP contribution in [0, 0.1) is 3.01 Å². The Morgan fingerprint density at radius 1 is 1.75 bits per heavy atom. The van der Waals surface area contributed by atoms with Crippen molar-refractivity contribution < 1.29 is 0 Å². The third kappa shape index (κ3) is 1.70. The number of rotatable bonds is 1. The Balaban J connectivity index is 2.26. The van der Waals surface area contributed by atoms with E-state index in [1.54, 1.807) is 11.3 Å². The van der Waals surface area contributed by atoms with Gasteiger partial charge in [-0.15, -0.1) is 11.3 Å². The second-order valence-electron chi connectivity index (χ2n) is 2.85. The summed E-state index contributed by atoms with van der Waals surface area (Å²) >= 11 is 3.95. The highest BCUT2D eigenvalue weighted by atomic mass is 127. The summed E-state index contributed by atoms with van der Waals surface area (Å²) in [7, 11) is 0. The molecule has 1 aromatic heterocycles. The van der Waals surface area contributed by atoms with Crippen LogP contribution >= 0.6 is 33.9 Å². The highest BCUT2D eigenvalue weighted by Crippen LogP contribution is 2.21. The Morgan fingerprint density at radius 2 is 2.58 bits per heavy atom. The van der Waals surface area contributed by atoms with Crippen LogP contribution in [0.25, 0.3) is 5.57 Å². The SMILES string of the molecule is CC1C=C(c2csc(I)n2)CN1. The van der Waals surface area contributed by atoms with Crippen molar-refractivity contribution in [3.05, 3.63) is 20.2 Å². The van der Waals surface area contributed by atoms with E-state index in [9.17, 15) is 0 Å². The molecule has 1 aliphatic rings. The van der Waals surface area contributed by atoms with E-state index in [0.29, 0.717) is 6.04 Å². The van der Waals surface area contributed by atoms with E-state index in [1.807, 2.05) is 0 Å². The third-order valence-electron chi connectivity index (χ3n) is 1.87. The lowest BCUT2D eigenvalue weighted by Gasteiger charge is -1.95. The van der Waals surface area contributed by atoms with Crippen molar-refractivity contribution in [3.8, 4) is 0 Å². The minimum atomic E-state index is 0.499. The number of hydrogen-bond donors (Lipinski definition) is 1. The van der Waals surface area contributed by atoms with Gasteiger partial charge in [-0.25, -0.2) is 4.98 Å². The zero-order chi connectivity index (χ0) is 8.55. The molecule has 2 heterocycles. The average molecular weight is 292 g/mol. The van der Waals surface area contributed by atoms with Crippen LogP contribution in [0.5, 0.6) is 0 Å². The molecule has 0 saturated heterocycles. The van der Waals surface area contributed by atoms with Crippen LogP contribution in [0.15, 0.2) is 11.5 Å². The summed E-state index contributed by atoms with van der Waals surface area (Å²) in [6.07, 6.45) is 2.24. The van der Waals surface area contributed by atoms with Crippen LogP contribution < -0.4 is 5.32 Å². The van der Waals surface area contributed by atoms with Crippen molar-refractivity contribution >= 4 is 39.5 Å². The van der Waals surface area contributed by atoms with Gasteiger partial charge in [-0.2, -0.15) is 0 Å². The van der Waals surface area contributed by atoms with Crippen LogP contribution in [-0.4, -0.2) is 17.6 Å². The van der Waals surface area contributed by atoms with E-state index >= 15 is 0 Å². The van der Waals surface area contributed by atoms with Gasteiger partial charge in [0.05, 0.1) is 5.69 Å². The highest BCUT2D eigenvalue weighted by Gasteiger charge is 2.13. The van der Waals surface area contributed by atoms with Gasteiger partial charge in [-0.3, -0.25) is 0 Å². The van der Waals surface area contributed by atoms with Gasteiger partial charge in [0.2, 0.25) is 0 Å². The van der Waals surface area contributed by atoms with Gasteiger partial charge in [0, 0.05) is 18.0 Å². The van der Waals surface area contributed by atoms with Crippen LogP contribution in [0.4, 0.5) is 0 Å². The normalized spacial score (nSPS) is 22.8. The Bertz CT molecular complexity index is 319. The second kappa shape index (κ2) is 3.43. The Labute approximate surface area is 89.2 Å². The maximum Gasteiger partial charge on any atom is 0.154 e. The average Bonchev–Trinajstić information content (AvgIpc) is 2.58. The van der Waals surface area contributed by atoms with Gasteiger partial charge >= 0.3 is 0 Å². The molecule has 0 saturated carbocycles. The number of thiazole rings is 1. The van der Waals surface area contributed by atoms with Crippen molar-refractivity contribution in [3.63, 3.8) is 0 Å². The first-order chi connectivity index (χ1) is 5.75. The van der Waals surface area contributed by atoms with Crippen LogP contribution in [-0.2, 0) is 0 Å². The van der Waals surface area contributed by atoms with E-state index in [2.05, 4.69) is 51.3 Å². The number of aromatic nitrogens is 1. The molecule has 0 bridgehead atoms. The molecule has 1 N–H and O–H groups in total. The standard InChI is InChI=1S/C8H9IN2S/c1-5-2-6(3-10-5)7-4-12-8(9)11-7/h2,4-5,10H,3H2,1H3. The minimum absolute atomic E-state index is 0.499. The lowest BCUT2D eigenvalue weighted by atomic mass is 10.2. The van der Waals surface area contributed by atoms with Crippen molar-refractivity contribution in [1.82, 2.24) is 10.3 Å². The summed E-state index contributed by atoms with van der Waals surface area (Å²) in [6.45, 7) is 3.12. The molecular weight excluding hydrogens is 283 g/mol. The maximum atomic E-state index is 4.42. The molecular formula is C8H9IN2S. The van der Waals surface area contributed by atoms with E-state index in [-0.39, 0.29) is 0 Å². The predicted octanol–water partition coefficient (Wildman–Crippen LogP) is 2.12. The maximum absolute atomic E-state index is 4.42. The van der Waals surface area contributed by atoms with Gasteiger partial charge < -0.3 is 5.32 Å². The highest BCUT2D eigenvalue weighted by molar-refractivity contribution is 14.1. The molecule has 2 rings (SSSR count). The van der Waals surface area contributed by atoms with Crippen molar-refractivity contribution in [2.45, 2.75) is 13.0 Å². The van der Waals surface area contributed by atoms with E-state index in [1.165, 1.54) is 5.57 Å². The molecule has 1 atom stereocenters. The lowest BCUT2D eigenvalue weighted by molar-refractivity contribution is 0.728. The molecule has 0 radical (unpaired) electrons. The second-order valence-corrected chi connectivity index (χ2v) is 5.46. The fourth-order valence-corrected chi connectivity index (χ4v) is 2.47. The first kappa shape index (κ1) is 8.65. The van der Waals surface area contributed by atoms with Crippen LogP contribution in [0.3, 0.4) is 0 Å². The zero-order valence-corrected chi connectivity index (χ0v) is 9.65. The number of nitrogens with zero attached hydrogens (tertiary/aromatic N) is 1. The Hall–Kier alpha value is 0.0600. The topological polar surface area (TPSA) is 24.9 Å². The zero-order valence-electron chi connectivity index (χ0n) is 6.67. The van der Waals surface area contributed by atoms with Gasteiger partial charge in [-0.05, 0) is 35.1 Å². The fraction of sp³-hybridized carbons (Fsp3) is 0.375. The van der Waals surface area contributed by atoms with Crippen molar-refractivity contribution in [2.75, 3.05) is 6.54 Å². The molecule has 0 amide bonds. The minimum Gasteiger partial charge on any atom is -0.307 e. The number of nitrogens with one attached hydrogen (secondary N) is 1. The first-order valence-corrected chi connectivity index (χ1v) is 5.77. The first-order valence-electron chi connectivity index (χ1n) is 3.81. The number of halogens is 1. The molecule has 0 fully saturated rings. The molecule has 4 heteroatoms. The summed E-state index contributed by atoms with van der Waals surface area (Å²) in [4.78, 5) is 4.42. The lowest BCUT2D eigenvalue weighted by Crippen LogP contribution is -2.17. The quantitative estimate of drug-likeness (QED) is 0.802. The van der Waals surface area contributed by atoms with E-state index in [0.717, 1.165) is 15.3 Å². The molecule has 2 nitrogen and oxygen atoms in total. The summed E-state index contributed by atoms with van der Waals surface area (Å²) < 4.78 is 1.11. The molecule has 0 spiro atoms. The van der Waals surface area contributed by atoms with Gasteiger partial charge in [0.25, 0.3) is 0 Å². The fourth-order valence-electron chi connectivity index (χ4n) is 1.27. The van der Waals surface area contributed by atoms with Gasteiger partial charge in [0.15, 0.2) is 3.01 Å². The molecule has 64 valence electrons. The predicted molar refractivity (Wildman–Crippen MR) is 60.3 cm³/mol. The monoisotopic (exact) mass is 292 g/mol. The molecule has 0 aromatic carbocycles. The summed E-state index contributed by atoms with van der Waals surface area (Å²) in [6, 6.07) is 0.499. The summed E-state index contributed by atoms with van der Waals surface area (Å²) in [5.74, 6) is 0. The largest absolute Gasteiger partial charge is 0.307 e. The van der Waals surface area contributed by atoms with Gasteiger partial charge in [0.1, 0.15) is 0 Å². The smallest absolute Gasteiger partial charge is 0.154 e. The Morgan fingerprint density at radius 3 is 3.08 bits per heavy atom. The number of hydrogen-bond acceptors (Lipinski definition) is 3. The summed E-state index contributed by atoms with van der Waals surface area (Å²) in [5, 5.41) is 5.47. The Kier molecular flexibility index (Phi) is 2.47. The van der Waals surface area contributed by atoms with Crippen LogP contribution in [0.2, 0.25) is 0 Å². The van der Waals surface area contributed by atoms with Gasteiger partial charge in [-0.1, -0.05) is 6.08 Å². The molecule has 1 aliphatic heterocycles. The van der Waals surface area contributed by atoms with Crippen molar-refractivity contribution in [1.29, 1.82) is 0 Å². The molecule has 12 heavy (non-hydrogen) atoms.